The summed E-state index contributed by atoms with van der Waals surface area (Å²) in [5.74, 6) is -0.874. The Morgan fingerprint density at radius 3 is 0.864 bits per heavy atom. The van der Waals surface area contributed by atoms with Crippen LogP contribution in [0.5, 0.6) is 0 Å². The summed E-state index contributed by atoms with van der Waals surface area (Å²) in [5.41, 5.74) is 0. The summed E-state index contributed by atoms with van der Waals surface area (Å²) >= 11 is 0. The number of carbonyl (C=O) groups is 3. The van der Waals surface area contributed by atoms with Crippen molar-refractivity contribution in [1.29, 1.82) is 0 Å². The Kier molecular flexibility index (Phi) is 46.8. The molecule has 0 aliphatic carbocycles. The third-order valence-corrected chi connectivity index (χ3v) is 11.4. The molecule has 346 valence electrons. The second-order valence-corrected chi connectivity index (χ2v) is 17.4. The molecular formula is C53H98O6. The summed E-state index contributed by atoms with van der Waals surface area (Å²) in [6.45, 7) is 6.62. The van der Waals surface area contributed by atoms with Gasteiger partial charge in [-0.25, -0.2) is 0 Å². The Labute approximate surface area is 366 Å². The molecule has 1 atom stereocenters. The molecule has 0 aliphatic rings. The predicted octanol–water partition coefficient (Wildman–Crippen LogP) is 16.8. The molecule has 0 aromatic heterocycles. The Morgan fingerprint density at radius 1 is 0.322 bits per heavy atom. The van der Waals surface area contributed by atoms with Gasteiger partial charge in [0.25, 0.3) is 0 Å². The lowest BCUT2D eigenvalue weighted by Crippen LogP contribution is -2.30. The minimum atomic E-state index is -0.771. The lowest BCUT2D eigenvalue weighted by Gasteiger charge is -2.18. The fraction of sp³-hybridized carbons (Fsp3) is 0.868. The van der Waals surface area contributed by atoms with Gasteiger partial charge in [-0.1, -0.05) is 212 Å². The normalized spacial score (nSPS) is 12.1. The number of hydrogen-bond acceptors (Lipinski definition) is 6. The van der Waals surface area contributed by atoms with Crippen LogP contribution in [0.25, 0.3) is 0 Å². The van der Waals surface area contributed by atoms with Crippen LogP contribution in [0, 0.1) is 0 Å². The molecule has 0 unspecified atom stereocenters. The van der Waals surface area contributed by atoms with Gasteiger partial charge in [0.1, 0.15) is 13.2 Å². The van der Waals surface area contributed by atoms with Crippen LogP contribution in [-0.2, 0) is 28.6 Å². The maximum Gasteiger partial charge on any atom is 0.306 e. The van der Waals surface area contributed by atoms with Gasteiger partial charge in [0.05, 0.1) is 0 Å². The van der Waals surface area contributed by atoms with Crippen LogP contribution in [0.15, 0.2) is 24.3 Å². The number of carbonyl (C=O) groups excluding carboxylic acids is 3. The van der Waals surface area contributed by atoms with Crippen molar-refractivity contribution in [2.24, 2.45) is 0 Å². The lowest BCUT2D eigenvalue weighted by molar-refractivity contribution is -0.167. The fourth-order valence-corrected chi connectivity index (χ4v) is 7.49. The topological polar surface area (TPSA) is 78.9 Å². The second kappa shape index (κ2) is 48.6. The minimum absolute atomic E-state index is 0.0721. The highest BCUT2D eigenvalue weighted by atomic mass is 16.6. The molecule has 6 heteroatoms. The van der Waals surface area contributed by atoms with E-state index in [1.807, 2.05) is 0 Å². The summed E-state index contributed by atoms with van der Waals surface area (Å²) in [4.78, 5) is 37.9. The molecule has 0 radical (unpaired) electrons. The molecular weight excluding hydrogens is 733 g/mol. The molecule has 0 rings (SSSR count). The summed E-state index contributed by atoms with van der Waals surface area (Å²) in [5, 5.41) is 0. The Morgan fingerprint density at radius 2 is 0.559 bits per heavy atom. The van der Waals surface area contributed by atoms with Crippen molar-refractivity contribution >= 4 is 17.9 Å². The second-order valence-electron chi connectivity index (χ2n) is 17.4. The first-order valence-corrected chi connectivity index (χ1v) is 25.8. The van der Waals surface area contributed by atoms with Gasteiger partial charge in [-0.2, -0.15) is 0 Å². The molecule has 0 aromatic carbocycles. The smallest absolute Gasteiger partial charge is 0.306 e. The van der Waals surface area contributed by atoms with E-state index in [9.17, 15) is 14.4 Å². The molecule has 0 spiro atoms. The van der Waals surface area contributed by atoms with Crippen LogP contribution in [0.3, 0.4) is 0 Å². The molecule has 0 saturated carbocycles. The van der Waals surface area contributed by atoms with E-state index in [1.54, 1.807) is 0 Å². The van der Waals surface area contributed by atoms with Crippen LogP contribution < -0.4 is 0 Å². The fourth-order valence-electron chi connectivity index (χ4n) is 7.49. The molecule has 0 amide bonds. The largest absolute Gasteiger partial charge is 0.462 e. The van der Waals surface area contributed by atoms with Crippen molar-refractivity contribution in [1.82, 2.24) is 0 Å². The van der Waals surface area contributed by atoms with Gasteiger partial charge in [0.15, 0.2) is 6.10 Å². The number of unbranched alkanes of at least 4 members (excludes halogenated alkanes) is 32. The van der Waals surface area contributed by atoms with Gasteiger partial charge < -0.3 is 14.2 Å². The third kappa shape index (κ3) is 46.8. The van der Waals surface area contributed by atoms with Gasteiger partial charge in [-0.3, -0.25) is 14.4 Å². The van der Waals surface area contributed by atoms with Crippen LogP contribution in [0.1, 0.15) is 278 Å². The molecule has 0 aliphatic heterocycles. The summed E-state index contributed by atoms with van der Waals surface area (Å²) in [6, 6.07) is 0. The SMILES string of the molecule is CCCCCC/C=C\CCCCCCCCCC(=O)O[C@H](COC(=O)CCCCCCC/C=C\CCCCCCCC)COC(=O)CCCCCCCCCCCCC. The quantitative estimate of drug-likeness (QED) is 0.0263. The zero-order valence-electron chi connectivity index (χ0n) is 39.5. The van der Waals surface area contributed by atoms with E-state index in [0.717, 1.165) is 64.2 Å². The molecule has 6 nitrogen and oxygen atoms in total. The Hall–Kier alpha value is -2.11. The number of esters is 3. The standard InChI is InChI=1S/C53H98O6/c1-4-7-10-13-16-19-22-24-26-28-31-34-37-40-43-46-52(55)58-49-50(48-57-51(54)45-42-39-36-33-30-21-18-15-12-9-6-3)59-53(56)47-44-41-38-35-32-29-27-25-23-20-17-14-11-8-5-2/h20,23-24,26,50H,4-19,21-22,25,27-49H2,1-3H3/b23-20-,26-24-/t50-/m0/s1. The highest BCUT2D eigenvalue weighted by molar-refractivity contribution is 5.71. The lowest BCUT2D eigenvalue weighted by atomic mass is 10.1. The third-order valence-electron chi connectivity index (χ3n) is 11.4. The molecule has 0 heterocycles. The van der Waals surface area contributed by atoms with Crippen molar-refractivity contribution in [3.05, 3.63) is 24.3 Å². The van der Waals surface area contributed by atoms with Gasteiger partial charge in [-0.15, -0.1) is 0 Å². The highest BCUT2D eigenvalue weighted by Crippen LogP contribution is 2.15. The van der Waals surface area contributed by atoms with Crippen molar-refractivity contribution in [3.63, 3.8) is 0 Å². The van der Waals surface area contributed by atoms with Crippen molar-refractivity contribution < 1.29 is 28.6 Å². The molecule has 0 aromatic rings. The van der Waals surface area contributed by atoms with Crippen molar-refractivity contribution in [2.45, 2.75) is 284 Å². The van der Waals surface area contributed by atoms with Crippen molar-refractivity contribution in [2.75, 3.05) is 13.2 Å². The predicted molar refractivity (Wildman–Crippen MR) is 252 cm³/mol. The summed E-state index contributed by atoms with van der Waals surface area (Å²) in [7, 11) is 0. The number of allylic oxidation sites excluding steroid dienone is 4. The van der Waals surface area contributed by atoms with Gasteiger partial charge in [0, 0.05) is 19.3 Å². The summed E-state index contributed by atoms with van der Waals surface area (Å²) in [6.07, 6.45) is 54.4. The molecule has 0 N–H and O–H groups in total. The van der Waals surface area contributed by atoms with E-state index in [2.05, 4.69) is 45.1 Å². The highest BCUT2D eigenvalue weighted by Gasteiger charge is 2.19. The molecule has 59 heavy (non-hydrogen) atoms. The van der Waals surface area contributed by atoms with Crippen LogP contribution >= 0.6 is 0 Å². The molecule has 0 saturated heterocycles. The molecule has 0 bridgehead atoms. The van der Waals surface area contributed by atoms with Crippen LogP contribution in [-0.4, -0.2) is 37.2 Å². The Bertz CT molecular complexity index is 958. The van der Waals surface area contributed by atoms with Crippen LogP contribution in [0.2, 0.25) is 0 Å². The maximum absolute atomic E-state index is 12.8. The van der Waals surface area contributed by atoms with Crippen molar-refractivity contribution in [3.8, 4) is 0 Å². The maximum atomic E-state index is 12.8. The first-order valence-electron chi connectivity index (χ1n) is 25.8. The van der Waals surface area contributed by atoms with E-state index in [4.69, 9.17) is 14.2 Å². The average molecular weight is 831 g/mol. The average Bonchev–Trinajstić information content (AvgIpc) is 3.23. The Balaban J connectivity index is 4.35. The van der Waals surface area contributed by atoms with Gasteiger partial charge in [0.2, 0.25) is 0 Å². The van der Waals surface area contributed by atoms with E-state index in [0.29, 0.717) is 19.3 Å². The number of ether oxygens (including phenoxy) is 3. The zero-order chi connectivity index (χ0) is 43.0. The monoisotopic (exact) mass is 831 g/mol. The van der Waals surface area contributed by atoms with Gasteiger partial charge >= 0.3 is 17.9 Å². The first kappa shape index (κ1) is 56.9. The minimum Gasteiger partial charge on any atom is -0.462 e. The van der Waals surface area contributed by atoms with Crippen LogP contribution in [0.4, 0.5) is 0 Å². The summed E-state index contributed by atoms with van der Waals surface area (Å²) < 4.78 is 16.8. The van der Waals surface area contributed by atoms with Gasteiger partial charge in [-0.05, 0) is 70.6 Å². The number of rotatable bonds is 47. The van der Waals surface area contributed by atoms with E-state index in [-0.39, 0.29) is 31.1 Å². The first-order chi connectivity index (χ1) is 29.0. The van der Waals surface area contributed by atoms with E-state index < -0.39 is 6.10 Å². The number of hydrogen-bond donors (Lipinski definition) is 0. The van der Waals surface area contributed by atoms with E-state index >= 15 is 0 Å². The van der Waals surface area contributed by atoms with E-state index in [1.165, 1.54) is 173 Å². The zero-order valence-corrected chi connectivity index (χ0v) is 39.5. The molecule has 0 fully saturated rings.